The van der Waals surface area contributed by atoms with Gasteiger partial charge >= 0.3 is 0 Å². The van der Waals surface area contributed by atoms with Crippen molar-refractivity contribution in [3.63, 3.8) is 0 Å². The van der Waals surface area contributed by atoms with E-state index in [2.05, 4.69) is 10.3 Å². The SMILES string of the molecule is CCc1nc(C)ccc1OCC(=O)N[C@@H]1CCOC2(CCOCC2)C1. The highest BCUT2D eigenvalue weighted by molar-refractivity contribution is 5.77. The van der Waals surface area contributed by atoms with Crippen molar-refractivity contribution in [2.45, 2.75) is 57.6 Å². The molecule has 6 heteroatoms. The number of hydrogen-bond donors (Lipinski definition) is 1. The normalized spacial score (nSPS) is 22.6. The van der Waals surface area contributed by atoms with Crippen molar-refractivity contribution in [3.05, 3.63) is 23.5 Å². The first-order valence-electron chi connectivity index (χ1n) is 9.21. The number of aryl methyl sites for hydroxylation is 2. The van der Waals surface area contributed by atoms with Gasteiger partial charge in [0.05, 0.1) is 11.3 Å². The summed E-state index contributed by atoms with van der Waals surface area (Å²) in [5, 5.41) is 3.10. The Morgan fingerprint density at radius 2 is 2.16 bits per heavy atom. The molecule has 0 radical (unpaired) electrons. The number of rotatable bonds is 5. The van der Waals surface area contributed by atoms with Gasteiger partial charge in [0.1, 0.15) is 5.75 Å². The summed E-state index contributed by atoms with van der Waals surface area (Å²) in [6.07, 6.45) is 4.30. The number of ether oxygens (including phenoxy) is 3. The largest absolute Gasteiger partial charge is 0.482 e. The molecule has 1 atom stereocenters. The predicted octanol–water partition coefficient (Wildman–Crippen LogP) is 2.18. The van der Waals surface area contributed by atoms with Crippen molar-refractivity contribution in [2.24, 2.45) is 0 Å². The number of nitrogens with one attached hydrogen (secondary N) is 1. The van der Waals surface area contributed by atoms with Crippen molar-refractivity contribution in [2.75, 3.05) is 26.4 Å². The van der Waals surface area contributed by atoms with Crippen LogP contribution in [0.15, 0.2) is 12.1 Å². The standard InChI is InChI=1S/C19H28N2O4/c1-3-16-17(5-4-14(2)20-16)24-13-18(22)21-15-6-9-25-19(12-15)7-10-23-11-8-19/h4-5,15H,3,6-13H2,1-2H3,(H,21,22)/t15-/m1/s1. The molecular weight excluding hydrogens is 320 g/mol. The van der Waals surface area contributed by atoms with E-state index < -0.39 is 0 Å². The summed E-state index contributed by atoms with van der Waals surface area (Å²) in [4.78, 5) is 16.8. The molecule has 25 heavy (non-hydrogen) atoms. The van der Waals surface area contributed by atoms with Crippen molar-refractivity contribution in [3.8, 4) is 5.75 Å². The molecular formula is C19H28N2O4. The van der Waals surface area contributed by atoms with Crippen LogP contribution in [-0.4, -0.2) is 49.0 Å². The van der Waals surface area contributed by atoms with Crippen LogP contribution in [0.3, 0.4) is 0 Å². The van der Waals surface area contributed by atoms with Crippen molar-refractivity contribution in [1.29, 1.82) is 0 Å². The second-order valence-corrected chi connectivity index (χ2v) is 6.94. The Balaban J connectivity index is 1.51. The molecule has 1 aromatic rings. The van der Waals surface area contributed by atoms with Gasteiger partial charge in [-0.15, -0.1) is 0 Å². The van der Waals surface area contributed by atoms with Crippen LogP contribution in [0, 0.1) is 6.92 Å². The van der Waals surface area contributed by atoms with Gasteiger partial charge in [-0.3, -0.25) is 9.78 Å². The Hall–Kier alpha value is -1.66. The summed E-state index contributed by atoms with van der Waals surface area (Å²) in [5.41, 5.74) is 1.73. The Morgan fingerprint density at radius 3 is 2.92 bits per heavy atom. The Bertz CT molecular complexity index is 594. The summed E-state index contributed by atoms with van der Waals surface area (Å²) >= 11 is 0. The highest BCUT2D eigenvalue weighted by Gasteiger charge is 2.39. The van der Waals surface area contributed by atoms with E-state index in [0.717, 1.165) is 56.7 Å². The molecule has 0 unspecified atom stereocenters. The summed E-state index contributed by atoms with van der Waals surface area (Å²) in [6.45, 7) is 6.17. The zero-order chi connectivity index (χ0) is 17.7. The van der Waals surface area contributed by atoms with Crippen LogP contribution in [-0.2, 0) is 20.7 Å². The Labute approximate surface area is 149 Å². The molecule has 1 aromatic heterocycles. The van der Waals surface area contributed by atoms with E-state index in [1.807, 2.05) is 26.0 Å². The first-order chi connectivity index (χ1) is 12.1. The van der Waals surface area contributed by atoms with Crippen molar-refractivity contribution in [1.82, 2.24) is 10.3 Å². The van der Waals surface area contributed by atoms with Gasteiger partial charge in [-0.05, 0) is 51.2 Å². The molecule has 2 saturated heterocycles. The van der Waals surface area contributed by atoms with E-state index >= 15 is 0 Å². The van der Waals surface area contributed by atoms with Crippen LogP contribution < -0.4 is 10.1 Å². The molecule has 2 aliphatic heterocycles. The monoisotopic (exact) mass is 348 g/mol. The first-order valence-corrected chi connectivity index (χ1v) is 9.21. The quantitative estimate of drug-likeness (QED) is 0.883. The fourth-order valence-corrected chi connectivity index (χ4v) is 3.64. The minimum Gasteiger partial charge on any atom is -0.482 e. The van der Waals surface area contributed by atoms with Crippen LogP contribution in [0.5, 0.6) is 5.75 Å². The molecule has 1 amide bonds. The fourth-order valence-electron chi connectivity index (χ4n) is 3.64. The van der Waals surface area contributed by atoms with Gasteiger partial charge in [0, 0.05) is 31.6 Å². The van der Waals surface area contributed by atoms with Crippen LogP contribution in [0.2, 0.25) is 0 Å². The zero-order valence-electron chi connectivity index (χ0n) is 15.2. The molecule has 0 aromatic carbocycles. The number of pyridine rings is 1. The predicted molar refractivity (Wildman–Crippen MR) is 93.7 cm³/mol. The van der Waals surface area contributed by atoms with Gasteiger partial charge < -0.3 is 19.5 Å². The Kier molecular flexibility index (Phi) is 5.91. The van der Waals surface area contributed by atoms with Crippen LogP contribution in [0.4, 0.5) is 0 Å². The Morgan fingerprint density at radius 1 is 1.36 bits per heavy atom. The lowest BCUT2D eigenvalue weighted by molar-refractivity contribution is -0.144. The number of hydrogen-bond acceptors (Lipinski definition) is 5. The molecule has 0 aliphatic carbocycles. The summed E-state index contributed by atoms with van der Waals surface area (Å²) in [7, 11) is 0. The second kappa shape index (κ2) is 8.15. The first kappa shape index (κ1) is 18.1. The highest BCUT2D eigenvalue weighted by Crippen LogP contribution is 2.34. The van der Waals surface area contributed by atoms with Gasteiger partial charge in [-0.2, -0.15) is 0 Å². The number of carbonyl (C=O) groups is 1. The average Bonchev–Trinajstić information content (AvgIpc) is 2.61. The zero-order valence-corrected chi connectivity index (χ0v) is 15.2. The number of carbonyl (C=O) groups excluding carboxylic acids is 1. The van der Waals surface area contributed by atoms with Crippen LogP contribution >= 0.6 is 0 Å². The molecule has 2 aliphatic rings. The van der Waals surface area contributed by atoms with Crippen LogP contribution in [0.25, 0.3) is 0 Å². The fraction of sp³-hybridized carbons (Fsp3) is 0.684. The number of nitrogens with zero attached hydrogens (tertiary/aromatic N) is 1. The van der Waals surface area contributed by atoms with E-state index in [1.165, 1.54) is 0 Å². The van der Waals surface area contributed by atoms with Crippen molar-refractivity contribution < 1.29 is 19.0 Å². The lowest BCUT2D eigenvalue weighted by Gasteiger charge is -2.43. The van der Waals surface area contributed by atoms with Gasteiger partial charge in [-0.1, -0.05) is 6.92 Å². The van der Waals surface area contributed by atoms with E-state index in [0.29, 0.717) is 12.4 Å². The van der Waals surface area contributed by atoms with E-state index in [4.69, 9.17) is 14.2 Å². The van der Waals surface area contributed by atoms with Crippen molar-refractivity contribution >= 4 is 5.91 Å². The topological polar surface area (TPSA) is 69.7 Å². The van der Waals surface area contributed by atoms with Gasteiger partial charge in [0.15, 0.2) is 6.61 Å². The van der Waals surface area contributed by atoms with Crippen LogP contribution in [0.1, 0.15) is 44.0 Å². The summed E-state index contributed by atoms with van der Waals surface area (Å²) in [6, 6.07) is 3.93. The van der Waals surface area contributed by atoms with Gasteiger partial charge in [0.25, 0.3) is 5.91 Å². The lowest BCUT2D eigenvalue weighted by Crippen LogP contribution is -2.51. The lowest BCUT2D eigenvalue weighted by atomic mass is 9.84. The molecule has 0 bridgehead atoms. The molecule has 3 heterocycles. The number of aromatic nitrogens is 1. The molecule has 138 valence electrons. The van der Waals surface area contributed by atoms with E-state index in [1.54, 1.807) is 0 Å². The van der Waals surface area contributed by atoms with E-state index in [9.17, 15) is 4.79 Å². The second-order valence-electron chi connectivity index (χ2n) is 6.94. The minimum atomic E-state index is -0.119. The molecule has 2 fully saturated rings. The van der Waals surface area contributed by atoms with Gasteiger partial charge in [-0.25, -0.2) is 0 Å². The highest BCUT2D eigenvalue weighted by atomic mass is 16.5. The summed E-state index contributed by atoms with van der Waals surface area (Å²) < 4.78 is 17.2. The molecule has 1 N–H and O–H groups in total. The van der Waals surface area contributed by atoms with E-state index in [-0.39, 0.29) is 24.2 Å². The summed E-state index contributed by atoms with van der Waals surface area (Å²) in [5.74, 6) is 0.605. The maximum Gasteiger partial charge on any atom is 0.258 e. The molecule has 3 rings (SSSR count). The smallest absolute Gasteiger partial charge is 0.258 e. The maximum atomic E-state index is 12.3. The molecule has 1 spiro atoms. The average molecular weight is 348 g/mol. The molecule has 0 saturated carbocycles. The minimum absolute atomic E-state index is 0.0191. The maximum absolute atomic E-state index is 12.3. The third-order valence-electron chi connectivity index (χ3n) is 5.03. The third kappa shape index (κ3) is 4.70. The van der Waals surface area contributed by atoms with Gasteiger partial charge in [0.2, 0.25) is 0 Å². The molecule has 6 nitrogen and oxygen atoms in total. The third-order valence-corrected chi connectivity index (χ3v) is 5.03. The number of amides is 1.